The summed E-state index contributed by atoms with van der Waals surface area (Å²) in [6, 6.07) is 12.2. The predicted octanol–water partition coefficient (Wildman–Crippen LogP) is 5.84. The van der Waals surface area contributed by atoms with Crippen LogP contribution >= 0.6 is 11.6 Å². The zero-order valence-electron chi connectivity index (χ0n) is 20.1. The Bertz CT molecular complexity index is 1410. The molecule has 0 spiro atoms. The van der Waals surface area contributed by atoms with Crippen molar-refractivity contribution in [2.24, 2.45) is 0 Å². The number of fused-ring (bicyclic) bond motifs is 1. The smallest absolute Gasteiger partial charge is 0.334 e. The van der Waals surface area contributed by atoms with Crippen LogP contribution in [-0.2, 0) is 35.2 Å². The number of nitrogens with zero attached hydrogens (tertiary/aromatic N) is 1. The Morgan fingerprint density at radius 3 is 2.34 bits per heavy atom. The van der Waals surface area contributed by atoms with Gasteiger partial charge in [0.15, 0.2) is 0 Å². The van der Waals surface area contributed by atoms with E-state index in [-0.39, 0.29) is 35.4 Å². The predicted molar refractivity (Wildman–Crippen MR) is 134 cm³/mol. The molecule has 0 radical (unpaired) electrons. The Morgan fingerprint density at radius 1 is 1.00 bits per heavy atom. The van der Waals surface area contributed by atoms with E-state index in [9.17, 15) is 31.9 Å². The highest BCUT2D eigenvalue weighted by Crippen LogP contribution is 2.34. The van der Waals surface area contributed by atoms with Gasteiger partial charge in [-0.1, -0.05) is 23.7 Å². The molecule has 0 atom stereocenters. The average Bonchev–Trinajstić information content (AvgIpc) is 2.84. The number of nitrogens with one attached hydrogen (secondary N) is 2. The molecule has 0 fully saturated rings. The fourth-order valence-corrected chi connectivity index (χ4v) is 4.51. The molecule has 0 aliphatic carbocycles. The molecule has 6 nitrogen and oxygen atoms in total. The van der Waals surface area contributed by atoms with E-state index in [0.29, 0.717) is 42.0 Å². The molecular weight excluding hydrogens is 526 g/mol. The van der Waals surface area contributed by atoms with Gasteiger partial charge in [0.25, 0.3) is 5.91 Å². The molecule has 0 saturated carbocycles. The van der Waals surface area contributed by atoms with Crippen LogP contribution in [0.5, 0.6) is 0 Å². The minimum atomic E-state index is -4.83. The minimum Gasteiger partial charge on any atom is -0.334 e. The third kappa shape index (κ3) is 6.13. The lowest BCUT2D eigenvalue weighted by molar-refractivity contribution is -0.140. The third-order valence-corrected chi connectivity index (χ3v) is 6.37. The number of rotatable bonds is 5. The molecule has 1 aliphatic rings. The molecule has 11 heteroatoms. The minimum absolute atomic E-state index is 0.0789. The Balaban J connectivity index is 1.46. The van der Waals surface area contributed by atoms with Crippen LogP contribution in [0, 0.1) is 5.82 Å². The van der Waals surface area contributed by atoms with Gasteiger partial charge in [-0.2, -0.15) is 13.2 Å². The van der Waals surface area contributed by atoms with Gasteiger partial charge < -0.3 is 15.5 Å². The zero-order valence-corrected chi connectivity index (χ0v) is 20.8. The fraction of sp³-hybridized carbons (Fsp3) is 0.222. The summed E-state index contributed by atoms with van der Waals surface area (Å²) >= 11 is 6.34. The first-order chi connectivity index (χ1) is 17.9. The summed E-state index contributed by atoms with van der Waals surface area (Å²) in [6.45, 7) is 2.01. The van der Waals surface area contributed by atoms with Crippen LogP contribution in [0.3, 0.4) is 0 Å². The molecule has 2 N–H and O–H groups in total. The van der Waals surface area contributed by atoms with E-state index in [1.165, 1.54) is 6.92 Å². The summed E-state index contributed by atoms with van der Waals surface area (Å²) in [5.41, 5.74) is 1.59. The number of alkyl halides is 3. The summed E-state index contributed by atoms with van der Waals surface area (Å²) in [4.78, 5) is 38.5. The molecular formula is C27H22ClF4N3O3. The van der Waals surface area contributed by atoms with Gasteiger partial charge in [0.05, 0.1) is 22.7 Å². The Hall–Kier alpha value is -3.92. The van der Waals surface area contributed by atoms with Crippen molar-refractivity contribution in [1.29, 1.82) is 0 Å². The van der Waals surface area contributed by atoms with Gasteiger partial charge in [-0.15, -0.1) is 0 Å². The largest absolute Gasteiger partial charge is 0.419 e. The first-order valence-corrected chi connectivity index (χ1v) is 11.9. The van der Waals surface area contributed by atoms with Crippen molar-refractivity contribution >= 4 is 40.7 Å². The van der Waals surface area contributed by atoms with Gasteiger partial charge in [0, 0.05) is 31.3 Å². The van der Waals surface area contributed by atoms with E-state index < -0.39 is 23.5 Å². The monoisotopic (exact) mass is 547 g/mol. The number of hydrogen-bond donors (Lipinski definition) is 2. The van der Waals surface area contributed by atoms with Crippen LogP contribution in [-0.4, -0.2) is 29.2 Å². The maximum atomic E-state index is 13.9. The molecule has 3 aromatic rings. The van der Waals surface area contributed by atoms with E-state index in [1.807, 2.05) is 0 Å². The van der Waals surface area contributed by atoms with Gasteiger partial charge in [0.2, 0.25) is 11.8 Å². The Morgan fingerprint density at radius 2 is 1.71 bits per heavy atom. The molecule has 3 amide bonds. The Kier molecular flexibility index (Phi) is 7.73. The maximum Gasteiger partial charge on any atom is 0.419 e. The van der Waals surface area contributed by atoms with Gasteiger partial charge in [-0.05, 0) is 65.6 Å². The summed E-state index contributed by atoms with van der Waals surface area (Å²) < 4.78 is 52.3. The highest BCUT2D eigenvalue weighted by Gasteiger charge is 2.34. The van der Waals surface area contributed by atoms with Crippen molar-refractivity contribution in [3.05, 3.63) is 93.3 Å². The number of carbonyl (C=O) groups excluding carboxylic acids is 3. The van der Waals surface area contributed by atoms with E-state index in [2.05, 4.69) is 10.6 Å². The lowest BCUT2D eigenvalue weighted by atomic mass is 9.96. The zero-order chi connectivity index (χ0) is 27.6. The highest BCUT2D eigenvalue weighted by molar-refractivity contribution is 6.34. The van der Waals surface area contributed by atoms with Crippen LogP contribution in [0.15, 0.2) is 54.6 Å². The number of hydrogen-bond acceptors (Lipinski definition) is 3. The van der Waals surface area contributed by atoms with Crippen molar-refractivity contribution in [3.8, 4) is 0 Å². The molecule has 4 rings (SSSR count). The van der Waals surface area contributed by atoms with Crippen molar-refractivity contribution in [2.45, 2.75) is 32.5 Å². The normalized spacial score (nSPS) is 13.1. The molecule has 38 heavy (non-hydrogen) atoms. The van der Waals surface area contributed by atoms with Crippen LogP contribution < -0.4 is 10.6 Å². The SMILES string of the molecule is CC(=O)Nc1ccc(C(=O)N2CCc3c(ccc(Cl)c3NC(=O)Cc3ccc(C(F)(F)F)c(F)c3)C2)cc1. The van der Waals surface area contributed by atoms with Crippen molar-refractivity contribution < 1.29 is 31.9 Å². The summed E-state index contributed by atoms with van der Waals surface area (Å²) in [7, 11) is 0. The van der Waals surface area contributed by atoms with Crippen molar-refractivity contribution in [2.75, 3.05) is 17.2 Å². The average molecular weight is 548 g/mol. The van der Waals surface area contributed by atoms with E-state index in [4.69, 9.17) is 11.6 Å². The lowest BCUT2D eigenvalue weighted by Gasteiger charge is -2.30. The van der Waals surface area contributed by atoms with Crippen molar-refractivity contribution in [3.63, 3.8) is 0 Å². The van der Waals surface area contributed by atoms with Crippen LogP contribution in [0.25, 0.3) is 0 Å². The molecule has 0 saturated heterocycles. The number of halogens is 5. The van der Waals surface area contributed by atoms with E-state index in [0.717, 1.165) is 17.2 Å². The number of benzene rings is 3. The molecule has 1 heterocycles. The van der Waals surface area contributed by atoms with Crippen molar-refractivity contribution in [1.82, 2.24) is 4.90 Å². The number of amides is 3. The lowest BCUT2D eigenvalue weighted by Crippen LogP contribution is -2.36. The quantitative estimate of drug-likeness (QED) is 0.394. The van der Waals surface area contributed by atoms with E-state index in [1.54, 1.807) is 41.3 Å². The first kappa shape index (κ1) is 27.1. The maximum absolute atomic E-state index is 13.9. The van der Waals surface area contributed by atoms with Crippen LogP contribution in [0.4, 0.5) is 28.9 Å². The summed E-state index contributed by atoms with van der Waals surface area (Å²) in [5, 5.41) is 5.61. The van der Waals surface area contributed by atoms with Gasteiger partial charge in [-0.3, -0.25) is 14.4 Å². The van der Waals surface area contributed by atoms with Crippen LogP contribution in [0.2, 0.25) is 5.02 Å². The second-order valence-electron chi connectivity index (χ2n) is 8.83. The molecule has 1 aliphatic heterocycles. The standard InChI is InChI=1S/C27H22ClF4N3O3/c1-15(36)33-19-6-3-17(4-7-19)26(38)35-11-10-20-18(14-35)5-9-22(28)25(20)34-24(37)13-16-2-8-21(23(29)12-16)27(30,31)32/h2-9,12H,10-11,13-14H2,1H3,(H,33,36)(H,34,37). The topological polar surface area (TPSA) is 78.5 Å². The third-order valence-electron chi connectivity index (χ3n) is 6.06. The molecule has 3 aromatic carbocycles. The van der Waals surface area contributed by atoms with E-state index >= 15 is 0 Å². The first-order valence-electron chi connectivity index (χ1n) is 11.5. The van der Waals surface area contributed by atoms with Gasteiger partial charge >= 0.3 is 6.18 Å². The van der Waals surface area contributed by atoms with Gasteiger partial charge in [0.1, 0.15) is 5.82 Å². The second kappa shape index (κ2) is 10.8. The summed E-state index contributed by atoms with van der Waals surface area (Å²) in [5.74, 6) is -2.44. The number of anilines is 2. The number of carbonyl (C=O) groups is 3. The fourth-order valence-electron chi connectivity index (χ4n) is 4.29. The van der Waals surface area contributed by atoms with Crippen LogP contribution in [0.1, 0.15) is 39.5 Å². The van der Waals surface area contributed by atoms with Gasteiger partial charge in [-0.25, -0.2) is 4.39 Å². The Labute approximate surface area is 220 Å². The molecule has 0 bridgehead atoms. The summed E-state index contributed by atoms with van der Waals surface area (Å²) in [6.07, 6.45) is -4.78. The molecule has 0 unspecified atom stereocenters. The molecule has 198 valence electrons. The molecule has 0 aromatic heterocycles. The highest BCUT2D eigenvalue weighted by atomic mass is 35.5. The second-order valence-corrected chi connectivity index (χ2v) is 9.24.